The molecule has 1 N–H and O–H groups in total. The van der Waals surface area contributed by atoms with Gasteiger partial charge in [0.25, 0.3) is 0 Å². The molecule has 2 aromatic rings. The van der Waals surface area contributed by atoms with Crippen LogP contribution in [0.1, 0.15) is 24.1 Å². The second kappa shape index (κ2) is 6.83. The molecule has 1 saturated carbocycles. The van der Waals surface area contributed by atoms with Gasteiger partial charge in [-0.05, 0) is 30.5 Å². The molecule has 0 atom stereocenters. The highest BCUT2D eigenvalue weighted by atomic mass is 16.2. The summed E-state index contributed by atoms with van der Waals surface area (Å²) in [7, 11) is 1.75. The summed E-state index contributed by atoms with van der Waals surface area (Å²) in [5, 5.41) is 2.85. The fourth-order valence-electron chi connectivity index (χ4n) is 2.80. The Bertz CT molecular complexity index is 712. The van der Waals surface area contributed by atoms with Crippen molar-refractivity contribution in [3.63, 3.8) is 0 Å². The van der Waals surface area contributed by atoms with E-state index in [0.29, 0.717) is 25.9 Å². The van der Waals surface area contributed by atoms with Gasteiger partial charge in [-0.3, -0.25) is 14.6 Å². The molecule has 24 heavy (non-hydrogen) atoms. The van der Waals surface area contributed by atoms with Crippen molar-refractivity contribution in [2.45, 2.75) is 25.9 Å². The maximum Gasteiger partial charge on any atom is 0.238 e. The van der Waals surface area contributed by atoms with E-state index in [2.05, 4.69) is 10.3 Å². The number of aromatic nitrogens is 1. The highest BCUT2D eigenvalue weighted by molar-refractivity contribution is 6.07. The molecule has 1 aromatic carbocycles. The first-order chi connectivity index (χ1) is 11.6. The zero-order valence-electron chi connectivity index (χ0n) is 13.7. The minimum absolute atomic E-state index is 0.107. The maximum absolute atomic E-state index is 12.7. The van der Waals surface area contributed by atoms with Gasteiger partial charge in [-0.25, -0.2) is 0 Å². The Morgan fingerprint density at radius 2 is 1.83 bits per heavy atom. The van der Waals surface area contributed by atoms with Crippen LogP contribution in [0.15, 0.2) is 54.7 Å². The van der Waals surface area contributed by atoms with Crippen LogP contribution in [-0.4, -0.2) is 28.7 Å². The van der Waals surface area contributed by atoms with Crippen molar-refractivity contribution in [1.29, 1.82) is 0 Å². The number of rotatable bonds is 6. The Morgan fingerprint density at radius 3 is 2.46 bits per heavy atom. The van der Waals surface area contributed by atoms with Crippen LogP contribution in [0.4, 0.5) is 0 Å². The zero-order chi connectivity index (χ0) is 17.0. The second-order valence-corrected chi connectivity index (χ2v) is 6.23. The average Bonchev–Trinajstić information content (AvgIpc) is 3.42. The monoisotopic (exact) mass is 323 g/mol. The number of amides is 2. The van der Waals surface area contributed by atoms with Crippen molar-refractivity contribution >= 4 is 11.8 Å². The Hall–Kier alpha value is -2.69. The number of nitrogens with zero attached hydrogens (tertiary/aromatic N) is 2. The molecular formula is C19H21N3O2. The van der Waals surface area contributed by atoms with Crippen molar-refractivity contribution in [1.82, 2.24) is 15.2 Å². The number of pyridine rings is 1. The summed E-state index contributed by atoms with van der Waals surface area (Å²) in [4.78, 5) is 31.1. The van der Waals surface area contributed by atoms with E-state index in [1.54, 1.807) is 18.1 Å². The van der Waals surface area contributed by atoms with E-state index < -0.39 is 5.41 Å². The highest BCUT2D eigenvalue weighted by Crippen LogP contribution is 2.47. The third kappa shape index (κ3) is 3.45. The fraction of sp³-hybridized carbons (Fsp3) is 0.316. The molecule has 3 rings (SSSR count). The van der Waals surface area contributed by atoms with Gasteiger partial charge in [-0.2, -0.15) is 0 Å². The van der Waals surface area contributed by atoms with Crippen LogP contribution in [0, 0.1) is 5.41 Å². The summed E-state index contributed by atoms with van der Waals surface area (Å²) in [5.74, 6) is -0.303. The van der Waals surface area contributed by atoms with E-state index in [0.717, 1.165) is 11.3 Å². The maximum atomic E-state index is 12.7. The molecule has 124 valence electrons. The summed E-state index contributed by atoms with van der Waals surface area (Å²) in [6.45, 7) is 0.853. The van der Waals surface area contributed by atoms with Gasteiger partial charge < -0.3 is 10.2 Å². The minimum atomic E-state index is -0.891. The lowest BCUT2D eigenvalue weighted by molar-refractivity contribution is -0.143. The molecule has 0 spiro atoms. The SMILES string of the molecule is CN(Cc1ccccc1)C(=O)C1(C(=O)NCc2ccccn2)CC1. The van der Waals surface area contributed by atoms with Crippen molar-refractivity contribution < 1.29 is 9.59 Å². The van der Waals surface area contributed by atoms with Crippen molar-refractivity contribution in [3.8, 4) is 0 Å². The van der Waals surface area contributed by atoms with E-state index in [-0.39, 0.29) is 11.8 Å². The van der Waals surface area contributed by atoms with Gasteiger partial charge >= 0.3 is 0 Å². The van der Waals surface area contributed by atoms with E-state index in [4.69, 9.17) is 0 Å². The lowest BCUT2D eigenvalue weighted by atomic mass is 10.0. The molecule has 5 nitrogen and oxygen atoms in total. The Kier molecular flexibility index (Phi) is 4.60. The molecule has 2 amide bonds. The lowest BCUT2D eigenvalue weighted by Gasteiger charge is -2.23. The molecule has 1 heterocycles. The van der Waals surface area contributed by atoms with Gasteiger partial charge in [-0.1, -0.05) is 36.4 Å². The van der Waals surface area contributed by atoms with Crippen LogP contribution in [0.3, 0.4) is 0 Å². The Morgan fingerprint density at radius 1 is 1.12 bits per heavy atom. The Balaban J connectivity index is 1.60. The molecule has 0 saturated heterocycles. The van der Waals surface area contributed by atoms with Crippen molar-refractivity contribution in [2.75, 3.05) is 7.05 Å². The molecule has 0 radical (unpaired) electrons. The molecule has 1 fully saturated rings. The van der Waals surface area contributed by atoms with E-state index >= 15 is 0 Å². The second-order valence-electron chi connectivity index (χ2n) is 6.23. The third-order valence-corrected chi connectivity index (χ3v) is 4.36. The van der Waals surface area contributed by atoms with Crippen molar-refractivity contribution in [3.05, 3.63) is 66.0 Å². The van der Waals surface area contributed by atoms with Gasteiger partial charge in [0.2, 0.25) is 11.8 Å². The molecule has 0 bridgehead atoms. The first kappa shape index (κ1) is 16.2. The van der Waals surface area contributed by atoms with Crippen LogP contribution in [0.2, 0.25) is 0 Å². The predicted molar refractivity (Wildman–Crippen MR) is 90.7 cm³/mol. The topological polar surface area (TPSA) is 62.3 Å². The molecule has 1 aromatic heterocycles. The van der Waals surface area contributed by atoms with Crippen molar-refractivity contribution in [2.24, 2.45) is 5.41 Å². The normalized spacial score (nSPS) is 14.7. The zero-order valence-corrected chi connectivity index (χ0v) is 13.7. The first-order valence-electron chi connectivity index (χ1n) is 8.09. The standard InChI is InChI=1S/C19H21N3O2/c1-22(14-15-7-3-2-4-8-15)18(24)19(10-11-19)17(23)21-13-16-9-5-6-12-20-16/h2-9,12H,10-11,13-14H2,1H3,(H,21,23). The van der Waals surface area contributed by atoms with E-state index in [1.165, 1.54) is 0 Å². The van der Waals surface area contributed by atoms with Crippen LogP contribution >= 0.6 is 0 Å². The molecule has 0 aliphatic heterocycles. The molecule has 5 heteroatoms. The lowest BCUT2D eigenvalue weighted by Crippen LogP contribution is -2.43. The van der Waals surface area contributed by atoms with E-state index in [1.807, 2.05) is 48.5 Å². The number of carbonyl (C=O) groups excluding carboxylic acids is 2. The summed E-state index contributed by atoms with van der Waals surface area (Å²) >= 11 is 0. The number of benzene rings is 1. The molecule has 1 aliphatic carbocycles. The predicted octanol–water partition coefficient (Wildman–Crippen LogP) is 2.14. The summed E-state index contributed by atoms with van der Waals surface area (Å²) in [6, 6.07) is 15.3. The Labute approximate surface area is 141 Å². The van der Waals surface area contributed by atoms with Gasteiger partial charge in [0.15, 0.2) is 0 Å². The molecule has 1 aliphatic rings. The quantitative estimate of drug-likeness (QED) is 0.829. The fourth-order valence-corrected chi connectivity index (χ4v) is 2.80. The summed E-state index contributed by atoms with van der Waals surface area (Å²) in [5.41, 5.74) is 0.947. The minimum Gasteiger partial charge on any atom is -0.350 e. The average molecular weight is 323 g/mol. The highest BCUT2D eigenvalue weighted by Gasteiger charge is 2.57. The number of hydrogen-bond donors (Lipinski definition) is 1. The number of carbonyl (C=O) groups is 2. The van der Waals surface area contributed by atoms with Crippen LogP contribution < -0.4 is 5.32 Å². The number of nitrogens with one attached hydrogen (secondary N) is 1. The van der Waals surface area contributed by atoms with Crippen LogP contribution in [0.5, 0.6) is 0 Å². The smallest absolute Gasteiger partial charge is 0.238 e. The first-order valence-corrected chi connectivity index (χ1v) is 8.09. The van der Waals surface area contributed by atoms with Gasteiger partial charge in [0.05, 0.1) is 12.2 Å². The number of hydrogen-bond acceptors (Lipinski definition) is 3. The molecular weight excluding hydrogens is 302 g/mol. The third-order valence-electron chi connectivity index (χ3n) is 4.36. The largest absolute Gasteiger partial charge is 0.350 e. The summed E-state index contributed by atoms with van der Waals surface area (Å²) in [6.07, 6.45) is 2.91. The van der Waals surface area contributed by atoms with Gasteiger partial charge in [0, 0.05) is 19.8 Å². The van der Waals surface area contributed by atoms with E-state index in [9.17, 15) is 9.59 Å². The van der Waals surface area contributed by atoms with Crippen LogP contribution in [-0.2, 0) is 22.7 Å². The van der Waals surface area contributed by atoms with Gasteiger partial charge in [-0.15, -0.1) is 0 Å². The summed E-state index contributed by atoms with van der Waals surface area (Å²) < 4.78 is 0. The van der Waals surface area contributed by atoms with Gasteiger partial charge in [0.1, 0.15) is 5.41 Å². The molecule has 0 unspecified atom stereocenters. The van der Waals surface area contributed by atoms with Crippen LogP contribution in [0.25, 0.3) is 0 Å².